The molecule has 1 aliphatic rings. The van der Waals surface area contributed by atoms with Gasteiger partial charge in [0, 0.05) is 33.3 Å². The summed E-state index contributed by atoms with van der Waals surface area (Å²) in [5, 5.41) is 6.20. The highest BCUT2D eigenvalue weighted by molar-refractivity contribution is 7.18. The van der Waals surface area contributed by atoms with E-state index in [2.05, 4.69) is 44.2 Å². The lowest BCUT2D eigenvalue weighted by Crippen LogP contribution is -2.59. The zero-order valence-electron chi connectivity index (χ0n) is 13.8. The van der Waals surface area contributed by atoms with Crippen LogP contribution in [0.2, 0.25) is 0 Å². The summed E-state index contributed by atoms with van der Waals surface area (Å²) in [5.74, 6) is 0.977. The van der Waals surface area contributed by atoms with Gasteiger partial charge in [-0.3, -0.25) is 4.79 Å². The zero-order valence-corrected chi connectivity index (χ0v) is 14.6. The van der Waals surface area contributed by atoms with Gasteiger partial charge >= 0.3 is 0 Å². The quantitative estimate of drug-likeness (QED) is 0.717. The van der Waals surface area contributed by atoms with Crippen LogP contribution in [-0.2, 0) is 7.05 Å². The maximum Gasteiger partial charge on any atom is 0.268 e. The Morgan fingerprint density at radius 3 is 2.88 bits per heavy atom. The predicted octanol–water partition coefficient (Wildman–Crippen LogP) is 1.42. The van der Waals surface area contributed by atoms with Gasteiger partial charge in [0.2, 0.25) is 0 Å². The minimum absolute atomic E-state index is 0.0872. The molecule has 0 saturated carbocycles. The van der Waals surface area contributed by atoms with Gasteiger partial charge < -0.3 is 9.80 Å². The van der Waals surface area contributed by atoms with Crippen LogP contribution in [0.15, 0.2) is 28.8 Å². The highest BCUT2D eigenvalue weighted by Gasteiger charge is 2.32. The summed E-state index contributed by atoms with van der Waals surface area (Å²) < 4.78 is 2.47. The second kappa shape index (κ2) is 5.55. The molecule has 0 bridgehead atoms. The summed E-state index contributed by atoms with van der Waals surface area (Å²) in [4.78, 5) is 25.0. The van der Waals surface area contributed by atoms with Crippen molar-refractivity contribution in [3.05, 3.63) is 39.9 Å². The van der Waals surface area contributed by atoms with Crippen molar-refractivity contribution in [2.45, 2.75) is 13.0 Å². The molecule has 124 valence electrons. The smallest absolute Gasteiger partial charge is 0.268 e. The van der Waals surface area contributed by atoms with Crippen LogP contribution in [0.5, 0.6) is 0 Å². The number of fused-ring (bicyclic) bond motifs is 1. The third-order valence-corrected chi connectivity index (χ3v) is 5.66. The monoisotopic (exact) mass is 342 g/mol. The molecule has 0 aromatic carbocycles. The van der Waals surface area contributed by atoms with Gasteiger partial charge in [-0.1, -0.05) is 0 Å². The molecule has 0 aliphatic carbocycles. The maximum atomic E-state index is 11.7. The van der Waals surface area contributed by atoms with E-state index in [1.54, 1.807) is 37.0 Å². The summed E-state index contributed by atoms with van der Waals surface area (Å²) in [6.45, 7) is 3.77. The molecule has 8 heteroatoms. The van der Waals surface area contributed by atoms with E-state index < -0.39 is 0 Å². The Morgan fingerprint density at radius 2 is 2.12 bits per heavy atom. The molecule has 3 aromatic heterocycles. The van der Waals surface area contributed by atoms with Crippen molar-refractivity contribution < 1.29 is 0 Å². The van der Waals surface area contributed by atoms with Gasteiger partial charge in [-0.25, -0.2) is 14.6 Å². The van der Waals surface area contributed by atoms with Crippen molar-refractivity contribution in [1.29, 1.82) is 0 Å². The molecule has 7 nitrogen and oxygen atoms in total. The Kier molecular flexibility index (Phi) is 3.49. The highest BCUT2D eigenvalue weighted by Crippen LogP contribution is 2.33. The summed E-state index contributed by atoms with van der Waals surface area (Å²) >= 11 is 1.69. The van der Waals surface area contributed by atoms with Crippen molar-refractivity contribution in [2.75, 3.05) is 29.9 Å². The molecule has 24 heavy (non-hydrogen) atoms. The third-order valence-electron chi connectivity index (χ3n) is 4.57. The van der Waals surface area contributed by atoms with E-state index in [0.29, 0.717) is 6.04 Å². The van der Waals surface area contributed by atoms with E-state index in [1.807, 2.05) is 0 Å². The molecule has 1 fully saturated rings. The maximum absolute atomic E-state index is 11.7. The van der Waals surface area contributed by atoms with Crippen molar-refractivity contribution in [3.8, 4) is 0 Å². The fourth-order valence-corrected chi connectivity index (χ4v) is 3.96. The Hall–Kier alpha value is -2.48. The van der Waals surface area contributed by atoms with Gasteiger partial charge in [0.15, 0.2) is 0 Å². The van der Waals surface area contributed by atoms with Crippen LogP contribution in [0, 0.1) is 6.92 Å². The molecule has 4 rings (SSSR count). The molecule has 0 spiro atoms. The topological polar surface area (TPSA) is 67.2 Å². The fourth-order valence-electron chi connectivity index (χ4n) is 2.93. The number of thiophene rings is 1. The number of aryl methyl sites for hydroxylation is 2. The van der Waals surface area contributed by atoms with E-state index >= 15 is 0 Å². The first-order valence-corrected chi connectivity index (χ1v) is 8.62. The Balaban J connectivity index is 1.53. The summed E-state index contributed by atoms with van der Waals surface area (Å²) in [5.41, 5.74) is 3.01. The van der Waals surface area contributed by atoms with Gasteiger partial charge in [0.25, 0.3) is 5.56 Å². The van der Waals surface area contributed by atoms with Crippen LogP contribution in [0.3, 0.4) is 0 Å². The van der Waals surface area contributed by atoms with E-state index in [1.165, 1.54) is 10.2 Å². The van der Waals surface area contributed by atoms with Gasteiger partial charge in [0.1, 0.15) is 12.1 Å². The molecule has 4 heterocycles. The van der Waals surface area contributed by atoms with Crippen molar-refractivity contribution >= 4 is 33.1 Å². The van der Waals surface area contributed by atoms with Crippen LogP contribution >= 0.6 is 11.3 Å². The van der Waals surface area contributed by atoms with E-state index in [4.69, 9.17) is 0 Å². The van der Waals surface area contributed by atoms with Crippen molar-refractivity contribution in [3.63, 3.8) is 0 Å². The lowest BCUT2D eigenvalue weighted by Gasteiger charge is -2.45. The molecular weight excluding hydrogens is 324 g/mol. The van der Waals surface area contributed by atoms with Crippen LogP contribution in [0.25, 0.3) is 10.2 Å². The number of likely N-dealkylation sites (N-methyl/N-ethyl adjacent to an activating group) is 1. The number of hydrogen-bond donors (Lipinski definition) is 0. The van der Waals surface area contributed by atoms with Crippen LogP contribution in [0.4, 0.5) is 11.5 Å². The summed E-state index contributed by atoms with van der Waals surface area (Å²) in [6, 6.07) is 1.99. The highest BCUT2D eigenvalue weighted by atomic mass is 32.1. The van der Waals surface area contributed by atoms with Crippen LogP contribution in [-0.4, -0.2) is 45.9 Å². The molecule has 3 aromatic rings. The van der Waals surface area contributed by atoms with E-state index in [-0.39, 0.29) is 5.56 Å². The zero-order chi connectivity index (χ0) is 16.8. The Labute approximate surface area is 143 Å². The van der Waals surface area contributed by atoms with Crippen LogP contribution in [0.1, 0.15) is 5.56 Å². The van der Waals surface area contributed by atoms with E-state index in [0.717, 1.165) is 34.8 Å². The second-order valence-electron chi connectivity index (χ2n) is 6.14. The molecule has 0 N–H and O–H groups in total. The number of rotatable bonds is 3. The minimum atomic E-state index is -0.0872. The van der Waals surface area contributed by atoms with E-state index in [9.17, 15) is 4.79 Å². The summed E-state index contributed by atoms with van der Waals surface area (Å²) in [7, 11) is 3.73. The lowest BCUT2D eigenvalue weighted by molar-refractivity contribution is 0.492. The molecule has 0 amide bonds. The van der Waals surface area contributed by atoms with Gasteiger partial charge in [0.05, 0.1) is 28.1 Å². The second-order valence-corrected chi connectivity index (χ2v) is 7.02. The standard InChI is InChI=1S/C16H18N6OS/c1-10-8-24-15-14(10)17-9-18-16(15)20(2)12-6-22(7-12)11-4-13(23)21(3)19-5-11/h4-5,8-9,12H,6-7H2,1-3H3. The van der Waals surface area contributed by atoms with Crippen molar-refractivity contribution in [1.82, 2.24) is 19.7 Å². The normalized spacial score (nSPS) is 14.9. The number of aromatic nitrogens is 4. The van der Waals surface area contributed by atoms with Gasteiger partial charge in [-0.05, 0) is 17.9 Å². The van der Waals surface area contributed by atoms with Gasteiger partial charge in [-0.2, -0.15) is 5.10 Å². The first-order chi connectivity index (χ1) is 11.5. The number of nitrogens with zero attached hydrogens (tertiary/aromatic N) is 6. The lowest BCUT2D eigenvalue weighted by atomic mass is 10.1. The van der Waals surface area contributed by atoms with Crippen molar-refractivity contribution in [2.24, 2.45) is 7.05 Å². The minimum Gasteiger partial charge on any atom is -0.366 e. The fraction of sp³-hybridized carbons (Fsp3) is 0.375. The molecule has 0 atom stereocenters. The summed E-state index contributed by atoms with van der Waals surface area (Å²) in [6.07, 6.45) is 3.37. The average Bonchev–Trinajstić information content (AvgIpc) is 2.91. The first-order valence-electron chi connectivity index (χ1n) is 7.74. The largest absolute Gasteiger partial charge is 0.366 e. The first kappa shape index (κ1) is 15.1. The number of hydrogen-bond acceptors (Lipinski definition) is 7. The molecule has 1 saturated heterocycles. The predicted molar refractivity (Wildman–Crippen MR) is 96.0 cm³/mol. The molecule has 0 radical (unpaired) electrons. The molecular formula is C16H18N6OS. The van der Waals surface area contributed by atoms with Gasteiger partial charge in [-0.15, -0.1) is 11.3 Å². The molecule has 0 unspecified atom stereocenters. The SMILES string of the molecule is Cc1csc2c(N(C)C3CN(c4cnn(C)c(=O)c4)C3)ncnc12. The third kappa shape index (κ3) is 2.34. The van der Waals surface area contributed by atoms with Crippen LogP contribution < -0.4 is 15.4 Å². The Bertz CT molecular complexity index is 959. The average molecular weight is 342 g/mol. The number of anilines is 2. The molecule has 1 aliphatic heterocycles. The Morgan fingerprint density at radius 1 is 1.33 bits per heavy atom.